The molecule has 1 aromatic rings. The Morgan fingerprint density at radius 2 is 1.76 bits per heavy atom. The number of hydrogen-bond acceptors (Lipinski definition) is 4. The Morgan fingerprint density at radius 1 is 1.03 bits per heavy atom. The van der Waals surface area contributed by atoms with E-state index < -0.39 is 0 Å². The Balaban J connectivity index is 0.00000336. The van der Waals surface area contributed by atoms with Crippen LogP contribution in [0.15, 0.2) is 18.2 Å². The van der Waals surface area contributed by atoms with Gasteiger partial charge in [0.2, 0.25) is 0 Å². The number of anilines is 2. The molecule has 0 aromatic heterocycles. The molecule has 214 valence electrons. The van der Waals surface area contributed by atoms with Gasteiger partial charge in [-0.05, 0) is 67.1 Å². The van der Waals surface area contributed by atoms with Crippen LogP contribution in [0, 0.1) is 52.8 Å². The number of fused-ring (bicyclic) bond motifs is 5. The maximum Gasteiger partial charge on any atom is 0.338 e. The van der Waals surface area contributed by atoms with Gasteiger partial charge in [-0.3, -0.25) is 0 Å². The monoisotopic (exact) mass is 750 g/mol. The first-order valence-corrected chi connectivity index (χ1v) is 15.4. The summed E-state index contributed by atoms with van der Waals surface area (Å²) >= 11 is 0. The summed E-state index contributed by atoms with van der Waals surface area (Å²) in [5.74, 6) is 7.58. The first kappa shape index (κ1) is 28.3. The fourth-order valence-electron chi connectivity index (χ4n) is 9.43. The van der Waals surface area contributed by atoms with Gasteiger partial charge < -0.3 is 22.1 Å². The Bertz CT molecular complexity index is 946. The molecular weight excluding hydrogens is 703 g/mol. The topological polar surface area (TPSA) is 78.3 Å². The predicted octanol–water partition coefficient (Wildman–Crippen LogP) is 8.07. The number of nitrogen functional groups attached to an aromatic ring is 2. The molecule has 5 heteroatoms. The van der Waals surface area contributed by atoms with Gasteiger partial charge in [0, 0.05) is 11.4 Å². The number of ether oxygens (including phenoxy) is 1. The van der Waals surface area contributed by atoms with Gasteiger partial charge in [0.05, 0.1) is 5.56 Å². The SMILES string of the molecule is CC(C)CCCC(C)C1CCC2[C-]1CCC1C2CCC2CC(OC(=O)c3cc(N)cc(N)c3)CCC21C.[Cm]. The van der Waals surface area contributed by atoms with Gasteiger partial charge in [-0.25, -0.2) is 4.79 Å². The zero-order valence-electron chi connectivity index (χ0n) is 24.2. The molecule has 4 aliphatic carbocycles. The van der Waals surface area contributed by atoms with E-state index in [0.717, 1.165) is 48.3 Å². The molecule has 4 fully saturated rings. The molecule has 0 heterocycles. The molecule has 4 nitrogen and oxygen atoms in total. The maximum atomic E-state index is 12.9. The maximum absolute atomic E-state index is 12.9. The van der Waals surface area contributed by atoms with E-state index in [-0.39, 0.29) is 12.1 Å². The number of carbonyl (C=O) groups is 1. The fraction of sp³-hybridized carbons (Fsp3) is 0.758. The molecular formula is C33H51CmN2O2-. The molecule has 8 unspecified atom stereocenters. The van der Waals surface area contributed by atoms with E-state index >= 15 is 0 Å². The molecule has 0 bridgehead atoms. The standard InChI is InChI=1S/C33H51N2O2.Cm/c1-20(2)6-5-7-21(3)27-10-11-29-28(27)12-13-31-30(29)9-8-23-18-26(14-15-33(23,31)4)37-32(36)22-16-24(34)19-25(35)17-22;/h16-17,19-21,23,26-27,29-31H,5-15,18,34-35H2,1-4H3;/q-1;. The number of rotatable bonds is 7. The minimum absolute atomic E-state index is 0. The van der Waals surface area contributed by atoms with E-state index in [1.165, 1.54) is 64.2 Å². The van der Waals surface area contributed by atoms with Crippen molar-refractivity contribution < 1.29 is 9.53 Å². The van der Waals surface area contributed by atoms with Crippen molar-refractivity contribution in [2.24, 2.45) is 46.8 Å². The molecule has 0 saturated heterocycles. The zero-order chi connectivity index (χ0) is 26.3. The summed E-state index contributed by atoms with van der Waals surface area (Å²) < 4.78 is 6.02. The quantitative estimate of drug-likeness (QED) is 0.168. The average molecular weight is 755 g/mol. The van der Waals surface area contributed by atoms with Gasteiger partial charge in [0.25, 0.3) is 0 Å². The van der Waals surface area contributed by atoms with Crippen LogP contribution in [-0.2, 0) is 4.74 Å². The Labute approximate surface area is 225 Å². The van der Waals surface area contributed by atoms with Crippen LogP contribution in [0.2, 0.25) is 0 Å². The normalized spacial score (nSPS) is 35.5. The van der Waals surface area contributed by atoms with E-state index in [1.54, 1.807) is 18.2 Å². The van der Waals surface area contributed by atoms with E-state index in [0.29, 0.717) is 28.3 Å². The smallest absolute Gasteiger partial charge is 0.338 e. The van der Waals surface area contributed by atoms with Crippen LogP contribution in [0.5, 0.6) is 0 Å². The summed E-state index contributed by atoms with van der Waals surface area (Å²) in [5, 5.41) is 0. The van der Waals surface area contributed by atoms with Crippen molar-refractivity contribution in [3.63, 3.8) is 0 Å². The second-order valence-corrected chi connectivity index (χ2v) is 13.9. The third kappa shape index (κ3) is 5.38. The van der Waals surface area contributed by atoms with Crippen molar-refractivity contribution in [1.29, 1.82) is 0 Å². The molecule has 0 amide bonds. The van der Waals surface area contributed by atoms with Crippen molar-refractivity contribution >= 4 is 17.3 Å². The predicted molar refractivity (Wildman–Crippen MR) is 153 cm³/mol. The summed E-state index contributed by atoms with van der Waals surface area (Å²) in [6, 6.07) is 5.02. The van der Waals surface area contributed by atoms with Crippen molar-refractivity contribution in [2.45, 2.75) is 111 Å². The van der Waals surface area contributed by atoms with E-state index in [4.69, 9.17) is 16.2 Å². The number of hydrogen-bond donors (Lipinski definition) is 2. The van der Waals surface area contributed by atoms with Gasteiger partial charge >= 0.3 is 5.97 Å². The molecule has 4 saturated carbocycles. The molecule has 0 spiro atoms. The van der Waals surface area contributed by atoms with Crippen LogP contribution in [-0.4, -0.2) is 12.1 Å². The molecule has 1 aromatic carbocycles. The van der Waals surface area contributed by atoms with Crippen LogP contribution in [0.4, 0.5) is 11.4 Å². The minimum Gasteiger partial charge on any atom is -0.459 e. The summed E-state index contributed by atoms with van der Waals surface area (Å²) in [5.41, 5.74) is 13.7. The van der Waals surface area contributed by atoms with Crippen LogP contribution < -0.4 is 11.5 Å². The van der Waals surface area contributed by atoms with Crippen LogP contribution in [0.25, 0.3) is 0 Å². The first-order valence-electron chi connectivity index (χ1n) is 15.4. The van der Waals surface area contributed by atoms with E-state index in [9.17, 15) is 4.79 Å². The third-order valence-electron chi connectivity index (χ3n) is 11.3. The second-order valence-electron chi connectivity index (χ2n) is 13.9. The zero-order valence-corrected chi connectivity index (χ0v) is 27.1. The third-order valence-corrected chi connectivity index (χ3v) is 11.3. The molecule has 5 rings (SSSR count). The molecule has 4 aliphatic rings. The summed E-state index contributed by atoms with van der Waals surface area (Å²) in [6.45, 7) is 9.86. The first-order chi connectivity index (χ1) is 17.7. The molecule has 38 heavy (non-hydrogen) atoms. The summed E-state index contributed by atoms with van der Waals surface area (Å²) in [7, 11) is 0. The van der Waals surface area contributed by atoms with Gasteiger partial charge in [-0.15, -0.1) is 0 Å². The average Bonchev–Trinajstić information content (AvgIpc) is 3.28. The Kier molecular flexibility index (Phi) is 8.33. The van der Waals surface area contributed by atoms with Gasteiger partial charge in [0.1, 0.15) is 6.10 Å². The van der Waals surface area contributed by atoms with Crippen LogP contribution in [0.3, 0.4) is 0 Å². The number of benzene rings is 1. The van der Waals surface area contributed by atoms with Crippen LogP contribution >= 0.6 is 0 Å². The van der Waals surface area contributed by atoms with Crippen molar-refractivity contribution in [1.82, 2.24) is 0 Å². The Morgan fingerprint density at radius 3 is 2.47 bits per heavy atom. The molecule has 0 radical (unpaired) electrons. The molecule has 0 aliphatic heterocycles. The largest absolute Gasteiger partial charge is 0.459 e. The van der Waals surface area contributed by atoms with E-state index in [1.807, 2.05) is 5.92 Å². The van der Waals surface area contributed by atoms with Crippen molar-refractivity contribution in [2.75, 3.05) is 11.5 Å². The Hall–Kier alpha value is -2.71. The van der Waals surface area contributed by atoms with Crippen molar-refractivity contribution in [3.8, 4) is 0 Å². The number of esters is 1. The summed E-state index contributed by atoms with van der Waals surface area (Å²) in [6.07, 6.45) is 15.7. The fourth-order valence-corrected chi connectivity index (χ4v) is 9.43. The van der Waals surface area contributed by atoms with Crippen molar-refractivity contribution in [3.05, 3.63) is 29.7 Å². The van der Waals surface area contributed by atoms with Gasteiger partial charge in [-0.1, -0.05) is 84.5 Å². The van der Waals surface area contributed by atoms with Crippen LogP contribution in [0.1, 0.15) is 115 Å². The van der Waals surface area contributed by atoms with Gasteiger partial charge in [0.15, 0.2) is 0 Å². The molecule has 8 atom stereocenters. The second kappa shape index (κ2) is 11.2. The number of carbonyl (C=O) groups excluding carboxylic acids is 1. The van der Waals surface area contributed by atoms with E-state index in [2.05, 4.69) is 27.7 Å². The summed E-state index contributed by atoms with van der Waals surface area (Å²) in [4.78, 5) is 12.9. The number of nitrogens with two attached hydrogens (primary N) is 2. The van der Waals surface area contributed by atoms with Gasteiger partial charge in [-0.2, -0.15) is 18.3 Å². The minimum atomic E-state index is -0.280. The molecule has 4 N–H and O–H groups in total.